The molecule has 2 aliphatic rings. The number of hydrogen-bond donors (Lipinski definition) is 0. The predicted molar refractivity (Wildman–Crippen MR) is 113 cm³/mol. The van der Waals surface area contributed by atoms with Crippen LogP contribution in [0.15, 0.2) is 48.5 Å². The second-order valence-electron chi connectivity index (χ2n) is 8.31. The molecule has 1 fully saturated rings. The van der Waals surface area contributed by atoms with Crippen LogP contribution in [0.4, 0.5) is 4.39 Å². The molecule has 2 aromatic carbocycles. The van der Waals surface area contributed by atoms with Gasteiger partial charge in [0.05, 0.1) is 12.6 Å². The second kappa shape index (κ2) is 8.96. The van der Waals surface area contributed by atoms with Gasteiger partial charge in [-0.2, -0.15) is 0 Å². The minimum atomic E-state index is -0.315. The Morgan fingerprint density at radius 1 is 1.07 bits per heavy atom. The van der Waals surface area contributed by atoms with Crippen LogP contribution >= 0.6 is 0 Å². The summed E-state index contributed by atoms with van der Waals surface area (Å²) in [5.74, 6) is -0.252. The summed E-state index contributed by atoms with van der Waals surface area (Å²) in [5, 5.41) is 0. The lowest BCUT2D eigenvalue weighted by Gasteiger charge is -2.38. The van der Waals surface area contributed by atoms with Crippen LogP contribution in [0.5, 0.6) is 0 Å². The van der Waals surface area contributed by atoms with E-state index in [1.165, 1.54) is 23.3 Å². The van der Waals surface area contributed by atoms with Gasteiger partial charge in [-0.05, 0) is 48.1 Å². The number of fused-ring (bicyclic) bond motifs is 1. The Kier molecular flexibility index (Phi) is 6.13. The number of carbonyl (C=O) groups excluding carboxylic acids is 2. The van der Waals surface area contributed by atoms with Crippen molar-refractivity contribution in [1.82, 2.24) is 14.7 Å². The van der Waals surface area contributed by atoms with Crippen LogP contribution < -0.4 is 0 Å². The van der Waals surface area contributed by atoms with Gasteiger partial charge in [-0.1, -0.05) is 36.4 Å². The molecular formula is C24H28FN3O2. The van der Waals surface area contributed by atoms with Crippen LogP contribution in [0.1, 0.15) is 29.5 Å². The average molecular weight is 410 g/mol. The molecular weight excluding hydrogens is 381 g/mol. The highest BCUT2D eigenvalue weighted by Crippen LogP contribution is 2.25. The molecule has 2 heterocycles. The number of likely N-dealkylation sites (tertiary alicyclic amines) is 1. The molecule has 30 heavy (non-hydrogen) atoms. The van der Waals surface area contributed by atoms with Crippen molar-refractivity contribution in [3.8, 4) is 0 Å². The van der Waals surface area contributed by atoms with E-state index < -0.39 is 0 Å². The number of rotatable bonds is 5. The highest BCUT2D eigenvalue weighted by molar-refractivity contribution is 5.84. The summed E-state index contributed by atoms with van der Waals surface area (Å²) in [6.07, 6.45) is 2.72. The van der Waals surface area contributed by atoms with Gasteiger partial charge in [0.1, 0.15) is 5.82 Å². The molecule has 4 rings (SSSR count). The summed E-state index contributed by atoms with van der Waals surface area (Å²) in [6.45, 7) is 2.70. The monoisotopic (exact) mass is 409 g/mol. The van der Waals surface area contributed by atoms with Crippen molar-refractivity contribution in [2.24, 2.45) is 0 Å². The number of carbonyl (C=O) groups is 2. The van der Waals surface area contributed by atoms with Crippen LogP contribution in [0, 0.1) is 5.82 Å². The molecule has 6 heteroatoms. The summed E-state index contributed by atoms with van der Waals surface area (Å²) in [5.41, 5.74) is 3.11. The Morgan fingerprint density at radius 2 is 1.80 bits per heavy atom. The molecule has 0 saturated carbocycles. The standard InChI is InChI=1S/C24H28FN3O2/c1-26(15-18-7-6-10-21(25)13-18)23(29)17-28-16-20-9-3-2-8-19(20)14-22(28)24(30)27-11-4-5-12-27/h2-3,6-10,13,22H,4-5,11-12,14-17H2,1H3. The Morgan fingerprint density at radius 3 is 2.53 bits per heavy atom. The maximum Gasteiger partial charge on any atom is 0.240 e. The van der Waals surface area contributed by atoms with Crippen molar-refractivity contribution in [3.05, 3.63) is 71.0 Å². The van der Waals surface area contributed by atoms with Gasteiger partial charge in [0.15, 0.2) is 0 Å². The summed E-state index contributed by atoms with van der Waals surface area (Å²) >= 11 is 0. The first kappa shape index (κ1) is 20.5. The van der Waals surface area contributed by atoms with E-state index >= 15 is 0 Å². The second-order valence-corrected chi connectivity index (χ2v) is 8.31. The third kappa shape index (κ3) is 4.54. The highest BCUT2D eigenvalue weighted by Gasteiger charge is 2.36. The molecule has 0 aliphatic carbocycles. The summed E-state index contributed by atoms with van der Waals surface area (Å²) in [7, 11) is 1.72. The van der Waals surface area contributed by atoms with E-state index in [1.807, 2.05) is 28.0 Å². The van der Waals surface area contributed by atoms with Gasteiger partial charge >= 0.3 is 0 Å². The van der Waals surface area contributed by atoms with Gasteiger partial charge in [-0.3, -0.25) is 14.5 Å². The molecule has 0 radical (unpaired) electrons. The van der Waals surface area contributed by atoms with Gasteiger partial charge in [0.2, 0.25) is 11.8 Å². The fraction of sp³-hybridized carbons (Fsp3) is 0.417. The molecule has 5 nitrogen and oxygen atoms in total. The van der Waals surface area contributed by atoms with Gasteiger partial charge in [-0.25, -0.2) is 4.39 Å². The topological polar surface area (TPSA) is 43.9 Å². The first-order chi connectivity index (χ1) is 14.5. The molecule has 1 saturated heterocycles. The predicted octanol–water partition coefficient (Wildman–Crippen LogP) is 2.83. The number of likely N-dealkylation sites (N-methyl/N-ethyl adjacent to an activating group) is 1. The molecule has 2 aliphatic heterocycles. The van der Waals surface area contributed by atoms with Crippen molar-refractivity contribution in [1.29, 1.82) is 0 Å². The van der Waals surface area contributed by atoms with Crippen molar-refractivity contribution in [3.63, 3.8) is 0 Å². The Hall–Kier alpha value is -2.73. The third-order valence-electron chi connectivity index (χ3n) is 6.12. The zero-order valence-electron chi connectivity index (χ0n) is 17.4. The zero-order valence-corrected chi connectivity index (χ0v) is 17.4. The van der Waals surface area contributed by atoms with Crippen molar-refractivity contribution < 1.29 is 14.0 Å². The van der Waals surface area contributed by atoms with Crippen molar-refractivity contribution in [2.75, 3.05) is 26.7 Å². The highest BCUT2D eigenvalue weighted by atomic mass is 19.1. The number of benzene rings is 2. The zero-order chi connectivity index (χ0) is 21.1. The van der Waals surface area contributed by atoms with Gasteiger partial charge in [0, 0.05) is 33.2 Å². The van der Waals surface area contributed by atoms with E-state index in [2.05, 4.69) is 12.1 Å². The minimum absolute atomic E-state index is 0.0714. The number of nitrogens with zero attached hydrogens (tertiary/aromatic N) is 3. The van der Waals surface area contributed by atoms with E-state index in [9.17, 15) is 14.0 Å². The lowest BCUT2D eigenvalue weighted by Crippen LogP contribution is -2.53. The van der Waals surface area contributed by atoms with Crippen LogP contribution in [-0.2, 0) is 29.1 Å². The molecule has 2 aromatic rings. The molecule has 0 spiro atoms. The molecule has 0 aromatic heterocycles. The van der Waals surface area contributed by atoms with E-state index in [0.717, 1.165) is 31.5 Å². The first-order valence-electron chi connectivity index (χ1n) is 10.6. The van der Waals surface area contributed by atoms with E-state index in [1.54, 1.807) is 18.0 Å². The van der Waals surface area contributed by atoms with Crippen LogP contribution in [-0.4, -0.2) is 59.2 Å². The Balaban J connectivity index is 1.49. The van der Waals surface area contributed by atoms with Crippen molar-refractivity contribution >= 4 is 11.8 Å². The largest absolute Gasteiger partial charge is 0.341 e. The first-order valence-corrected chi connectivity index (χ1v) is 10.6. The SMILES string of the molecule is CN(Cc1cccc(F)c1)C(=O)CN1Cc2ccccc2CC1C(=O)N1CCCC1. The summed E-state index contributed by atoms with van der Waals surface area (Å²) in [6, 6.07) is 14.1. The average Bonchev–Trinajstić information content (AvgIpc) is 3.27. The lowest BCUT2D eigenvalue weighted by atomic mass is 9.93. The van der Waals surface area contributed by atoms with Crippen LogP contribution in [0.3, 0.4) is 0 Å². The summed E-state index contributed by atoms with van der Waals surface area (Å²) < 4.78 is 13.5. The van der Waals surface area contributed by atoms with Gasteiger partial charge in [0.25, 0.3) is 0 Å². The number of amides is 2. The normalized spacial score (nSPS) is 18.9. The van der Waals surface area contributed by atoms with Gasteiger partial charge < -0.3 is 9.80 Å². The summed E-state index contributed by atoms with van der Waals surface area (Å²) in [4.78, 5) is 31.7. The maximum atomic E-state index is 13.5. The fourth-order valence-corrected chi connectivity index (χ4v) is 4.43. The Bertz CT molecular complexity index is 926. The Labute approximate surface area is 177 Å². The lowest BCUT2D eigenvalue weighted by molar-refractivity contribution is -0.139. The molecule has 0 N–H and O–H groups in total. The van der Waals surface area contributed by atoms with E-state index in [-0.39, 0.29) is 30.2 Å². The molecule has 0 bridgehead atoms. The van der Waals surface area contributed by atoms with E-state index in [4.69, 9.17) is 0 Å². The molecule has 2 amide bonds. The number of hydrogen-bond acceptors (Lipinski definition) is 3. The van der Waals surface area contributed by atoms with Gasteiger partial charge in [-0.15, -0.1) is 0 Å². The molecule has 158 valence electrons. The molecule has 1 atom stereocenters. The molecule has 1 unspecified atom stereocenters. The van der Waals surface area contributed by atoms with E-state index in [0.29, 0.717) is 19.5 Å². The quantitative estimate of drug-likeness (QED) is 0.763. The van der Waals surface area contributed by atoms with Crippen molar-refractivity contribution in [2.45, 2.75) is 38.4 Å². The minimum Gasteiger partial charge on any atom is -0.341 e. The van der Waals surface area contributed by atoms with Crippen LogP contribution in [0.25, 0.3) is 0 Å². The fourth-order valence-electron chi connectivity index (χ4n) is 4.43. The maximum absolute atomic E-state index is 13.5. The third-order valence-corrected chi connectivity index (χ3v) is 6.12. The number of halogens is 1. The smallest absolute Gasteiger partial charge is 0.240 e. The van der Waals surface area contributed by atoms with Crippen LogP contribution in [0.2, 0.25) is 0 Å².